The van der Waals surface area contributed by atoms with Gasteiger partial charge in [-0.3, -0.25) is 0 Å². The van der Waals surface area contributed by atoms with Crippen LogP contribution in [-0.4, -0.2) is 61.4 Å². The van der Waals surface area contributed by atoms with E-state index in [1.807, 2.05) is 13.0 Å². The number of hydrogen-bond acceptors (Lipinski definition) is 6. The highest BCUT2D eigenvalue weighted by Crippen LogP contribution is 2.34. The van der Waals surface area contributed by atoms with E-state index in [1.165, 1.54) is 25.0 Å². The van der Waals surface area contributed by atoms with Gasteiger partial charge < -0.3 is 28.7 Å². The standard InChI is InChI=1S/C26H26F2N4O5/c1-14-4-5-32-19(11-16-12-31(25(33)34)6-7-36-16)23(30-21(32)8-14)22-17(27)9-15(10-18(22)28)24-29-20(13-37-24)26(2,3)35/h4-5,8-10,13,16,35H,6-7,11-12H2,1-3H3,(H,33,34)/t16-/m0/s1. The van der Waals surface area contributed by atoms with E-state index in [2.05, 4.69) is 9.97 Å². The van der Waals surface area contributed by atoms with Crippen molar-refractivity contribution in [2.45, 2.75) is 38.9 Å². The number of aryl methyl sites for hydroxylation is 1. The van der Waals surface area contributed by atoms with Crippen LogP contribution in [0.2, 0.25) is 0 Å². The highest BCUT2D eigenvalue weighted by atomic mass is 19.1. The second-order valence-corrected chi connectivity index (χ2v) is 9.68. The smallest absolute Gasteiger partial charge is 0.407 e. The summed E-state index contributed by atoms with van der Waals surface area (Å²) in [4.78, 5) is 21.4. The minimum absolute atomic E-state index is 0.0308. The Balaban J connectivity index is 1.58. The fourth-order valence-corrected chi connectivity index (χ4v) is 4.43. The second-order valence-electron chi connectivity index (χ2n) is 9.68. The lowest BCUT2D eigenvalue weighted by Gasteiger charge is -2.31. The molecule has 4 heterocycles. The topological polar surface area (TPSA) is 113 Å². The molecular weight excluding hydrogens is 486 g/mol. The van der Waals surface area contributed by atoms with Crippen molar-refractivity contribution in [2.24, 2.45) is 0 Å². The largest absolute Gasteiger partial charge is 0.465 e. The zero-order chi connectivity index (χ0) is 26.5. The van der Waals surface area contributed by atoms with E-state index < -0.39 is 29.4 Å². The Morgan fingerprint density at radius 3 is 2.59 bits per heavy atom. The Hall–Kier alpha value is -3.83. The van der Waals surface area contributed by atoms with Crippen molar-refractivity contribution < 1.29 is 32.9 Å². The number of aromatic nitrogens is 3. The molecule has 0 spiro atoms. The molecule has 0 radical (unpaired) electrons. The summed E-state index contributed by atoms with van der Waals surface area (Å²) in [5.74, 6) is -1.76. The van der Waals surface area contributed by atoms with Crippen molar-refractivity contribution in [3.05, 3.63) is 65.3 Å². The van der Waals surface area contributed by atoms with E-state index in [4.69, 9.17) is 9.15 Å². The highest BCUT2D eigenvalue weighted by Gasteiger charge is 2.29. The number of imidazole rings is 1. The van der Waals surface area contributed by atoms with Crippen molar-refractivity contribution in [3.63, 3.8) is 0 Å². The molecule has 3 aromatic heterocycles. The zero-order valence-electron chi connectivity index (χ0n) is 20.5. The van der Waals surface area contributed by atoms with Crippen LogP contribution in [0.4, 0.5) is 13.6 Å². The first-order valence-electron chi connectivity index (χ1n) is 11.8. The molecule has 11 heteroatoms. The van der Waals surface area contributed by atoms with Crippen molar-refractivity contribution in [1.29, 1.82) is 0 Å². The number of fused-ring (bicyclic) bond motifs is 1. The zero-order valence-corrected chi connectivity index (χ0v) is 20.5. The van der Waals surface area contributed by atoms with Crippen LogP contribution in [0.1, 0.15) is 30.8 Å². The van der Waals surface area contributed by atoms with E-state index in [1.54, 1.807) is 16.7 Å². The molecule has 194 valence electrons. The summed E-state index contributed by atoms with van der Waals surface area (Å²) in [7, 11) is 0. The molecule has 1 aliphatic rings. The number of amides is 1. The maximum Gasteiger partial charge on any atom is 0.407 e. The Bertz CT molecular complexity index is 1470. The van der Waals surface area contributed by atoms with Crippen molar-refractivity contribution >= 4 is 11.7 Å². The van der Waals surface area contributed by atoms with Gasteiger partial charge in [-0.2, -0.15) is 0 Å². The maximum atomic E-state index is 15.5. The lowest BCUT2D eigenvalue weighted by atomic mass is 10.0. The number of hydrogen-bond donors (Lipinski definition) is 2. The fourth-order valence-electron chi connectivity index (χ4n) is 4.43. The molecule has 0 saturated carbocycles. The number of halogens is 2. The monoisotopic (exact) mass is 512 g/mol. The van der Waals surface area contributed by atoms with Crippen LogP contribution >= 0.6 is 0 Å². The van der Waals surface area contributed by atoms with E-state index in [0.717, 1.165) is 17.7 Å². The average Bonchev–Trinajstić information content (AvgIpc) is 3.45. The molecule has 9 nitrogen and oxygen atoms in total. The number of pyridine rings is 1. The minimum atomic E-state index is -1.28. The molecule has 5 rings (SSSR count). The Morgan fingerprint density at radius 2 is 1.95 bits per heavy atom. The Kier molecular flexibility index (Phi) is 6.20. The predicted molar refractivity (Wildman–Crippen MR) is 129 cm³/mol. The van der Waals surface area contributed by atoms with Crippen LogP contribution in [0.25, 0.3) is 28.4 Å². The molecular formula is C26H26F2N4O5. The molecule has 1 fully saturated rings. The highest BCUT2D eigenvalue weighted by molar-refractivity contribution is 5.71. The fraction of sp³-hybridized carbons (Fsp3) is 0.346. The first-order valence-corrected chi connectivity index (χ1v) is 11.8. The summed E-state index contributed by atoms with van der Waals surface area (Å²) in [6.07, 6.45) is 1.64. The minimum Gasteiger partial charge on any atom is -0.465 e. The van der Waals surface area contributed by atoms with Crippen LogP contribution in [0.5, 0.6) is 0 Å². The molecule has 1 saturated heterocycles. The van der Waals surface area contributed by atoms with Crippen LogP contribution in [0, 0.1) is 18.6 Å². The molecule has 2 N–H and O–H groups in total. The van der Waals surface area contributed by atoms with Crippen molar-refractivity contribution in [2.75, 3.05) is 19.7 Å². The van der Waals surface area contributed by atoms with Gasteiger partial charge in [-0.05, 0) is 50.6 Å². The third kappa shape index (κ3) is 4.79. The van der Waals surface area contributed by atoms with E-state index in [9.17, 15) is 15.0 Å². The number of morpholine rings is 1. The van der Waals surface area contributed by atoms with Gasteiger partial charge in [0.2, 0.25) is 5.89 Å². The van der Waals surface area contributed by atoms with Crippen LogP contribution < -0.4 is 0 Å². The first-order chi connectivity index (χ1) is 17.5. The number of nitrogens with zero attached hydrogens (tertiary/aromatic N) is 4. The molecule has 0 unspecified atom stereocenters. The lowest BCUT2D eigenvalue weighted by molar-refractivity contribution is -0.0214. The van der Waals surface area contributed by atoms with Crippen molar-refractivity contribution in [1.82, 2.24) is 19.3 Å². The number of benzene rings is 1. The van der Waals surface area contributed by atoms with Gasteiger partial charge >= 0.3 is 6.09 Å². The molecule has 4 aromatic rings. The molecule has 1 amide bonds. The average molecular weight is 513 g/mol. The molecule has 0 bridgehead atoms. The van der Waals surface area contributed by atoms with Crippen LogP contribution in [-0.2, 0) is 16.8 Å². The Morgan fingerprint density at radius 1 is 1.22 bits per heavy atom. The summed E-state index contributed by atoms with van der Waals surface area (Å²) in [6.45, 7) is 5.55. The molecule has 37 heavy (non-hydrogen) atoms. The lowest BCUT2D eigenvalue weighted by Crippen LogP contribution is -2.45. The van der Waals surface area contributed by atoms with Crippen LogP contribution in [0.15, 0.2) is 41.1 Å². The number of carboxylic acid groups (broad SMARTS) is 1. The second kappa shape index (κ2) is 9.24. The van der Waals surface area contributed by atoms with Gasteiger partial charge in [-0.15, -0.1) is 0 Å². The van der Waals surface area contributed by atoms with E-state index in [0.29, 0.717) is 11.3 Å². The number of oxazole rings is 1. The molecule has 1 atom stereocenters. The number of ether oxygens (including phenoxy) is 1. The van der Waals surface area contributed by atoms with Gasteiger partial charge in [0.15, 0.2) is 0 Å². The van der Waals surface area contributed by atoms with Crippen LogP contribution in [0.3, 0.4) is 0 Å². The summed E-state index contributed by atoms with van der Waals surface area (Å²) < 4.78 is 43.9. The summed E-state index contributed by atoms with van der Waals surface area (Å²) >= 11 is 0. The Labute approximate surface area is 210 Å². The predicted octanol–water partition coefficient (Wildman–Crippen LogP) is 4.39. The summed E-state index contributed by atoms with van der Waals surface area (Å²) in [6, 6.07) is 5.88. The van der Waals surface area contributed by atoms with Gasteiger partial charge in [0.25, 0.3) is 0 Å². The van der Waals surface area contributed by atoms with Gasteiger partial charge in [-0.1, -0.05) is 0 Å². The van der Waals surface area contributed by atoms with Gasteiger partial charge in [-0.25, -0.2) is 23.5 Å². The molecule has 1 aliphatic heterocycles. The first kappa shape index (κ1) is 24.8. The van der Waals surface area contributed by atoms with Gasteiger partial charge in [0.1, 0.15) is 34.8 Å². The van der Waals surface area contributed by atoms with Gasteiger partial charge in [0.05, 0.1) is 36.2 Å². The number of carbonyl (C=O) groups is 1. The summed E-state index contributed by atoms with van der Waals surface area (Å²) in [5.41, 5.74) is 0.730. The molecule has 0 aliphatic carbocycles. The van der Waals surface area contributed by atoms with E-state index in [-0.39, 0.29) is 54.5 Å². The number of rotatable bonds is 5. The van der Waals surface area contributed by atoms with Gasteiger partial charge in [0, 0.05) is 24.7 Å². The third-order valence-corrected chi connectivity index (χ3v) is 6.37. The molecule has 1 aromatic carbocycles. The number of aliphatic hydroxyl groups is 1. The SMILES string of the molecule is Cc1ccn2c(C[C@H]3CN(C(=O)O)CCO3)c(-c3c(F)cc(-c4nc(C(C)(C)O)co4)cc3F)nc2c1. The summed E-state index contributed by atoms with van der Waals surface area (Å²) in [5, 5.41) is 19.5. The third-order valence-electron chi connectivity index (χ3n) is 6.37. The van der Waals surface area contributed by atoms with Crippen molar-refractivity contribution in [3.8, 4) is 22.7 Å². The quantitative estimate of drug-likeness (QED) is 0.408. The maximum absolute atomic E-state index is 15.5. The van der Waals surface area contributed by atoms with E-state index >= 15 is 8.78 Å². The normalized spacial score (nSPS) is 16.5.